The lowest BCUT2D eigenvalue weighted by Gasteiger charge is -2.28. The van der Waals surface area contributed by atoms with Gasteiger partial charge in [-0.1, -0.05) is 20.8 Å². The minimum atomic E-state index is -0.268. The van der Waals surface area contributed by atoms with Crippen molar-refractivity contribution in [1.82, 2.24) is 4.98 Å². The highest BCUT2D eigenvalue weighted by Crippen LogP contribution is 2.37. The van der Waals surface area contributed by atoms with Crippen LogP contribution in [-0.4, -0.2) is 24.7 Å². The van der Waals surface area contributed by atoms with E-state index in [1.165, 1.54) is 18.4 Å². The smallest absolute Gasteiger partial charge is 0.311 e. The second-order valence-electron chi connectivity index (χ2n) is 5.13. The Morgan fingerprint density at radius 2 is 2.17 bits per heavy atom. The van der Waals surface area contributed by atoms with Gasteiger partial charge in [-0.2, -0.15) is 0 Å². The summed E-state index contributed by atoms with van der Waals surface area (Å²) in [5.74, 6) is -0.268. The average Bonchev–Trinajstić information content (AvgIpc) is 2.72. The Labute approximate surface area is 112 Å². The Balaban J connectivity index is 2.84. The van der Waals surface area contributed by atoms with Crippen LogP contribution in [0, 0.1) is 5.41 Å². The predicted octanol–water partition coefficient (Wildman–Crippen LogP) is 2.98. The van der Waals surface area contributed by atoms with E-state index in [1.54, 1.807) is 0 Å². The molecule has 0 radical (unpaired) electrons. The van der Waals surface area contributed by atoms with Gasteiger partial charge in [-0.25, -0.2) is 4.98 Å². The molecule has 0 saturated heterocycles. The number of hydrogen-bond acceptors (Lipinski definition) is 5. The number of carbonyl (C=O) groups excluding carboxylic acids is 1. The molecule has 102 valence electrons. The van der Waals surface area contributed by atoms with Crippen LogP contribution < -0.4 is 0 Å². The highest BCUT2D eigenvalue weighted by Gasteiger charge is 2.29. The Morgan fingerprint density at radius 3 is 2.67 bits per heavy atom. The van der Waals surface area contributed by atoms with E-state index < -0.39 is 0 Å². The first-order valence-electron chi connectivity index (χ1n) is 6.01. The molecular formula is C13H21NO3S. The summed E-state index contributed by atoms with van der Waals surface area (Å²) in [5, 5.41) is 2.81. The molecule has 1 heterocycles. The molecule has 0 N–H and O–H groups in total. The molecule has 0 bridgehead atoms. The molecule has 1 atom stereocenters. The maximum atomic E-state index is 11.2. The summed E-state index contributed by atoms with van der Waals surface area (Å²) in [6.45, 7) is 8.98. The van der Waals surface area contributed by atoms with Gasteiger partial charge in [0.05, 0.1) is 19.2 Å². The van der Waals surface area contributed by atoms with Crippen LogP contribution in [0.4, 0.5) is 0 Å². The van der Waals surface area contributed by atoms with Gasteiger partial charge in [0.15, 0.2) is 0 Å². The molecule has 0 aliphatic heterocycles. The molecule has 1 aromatic heterocycles. The zero-order chi connectivity index (χ0) is 13.8. The minimum Gasteiger partial charge on any atom is -0.469 e. The normalized spacial score (nSPS) is 13.4. The standard InChI is InChI=1S/C13H21NO3S/c1-6-17-11(13(2,3)4)12-14-9(8-18-12)7-10(15)16-5/h8,11H,6-7H2,1-5H3. The van der Waals surface area contributed by atoms with Crippen molar-refractivity contribution in [3.63, 3.8) is 0 Å². The van der Waals surface area contributed by atoms with Crippen LogP contribution in [0.1, 0.15) is 44.5 Å². The minimum absolute atomic E-state index is 0.0175. The lowest BCUT2D eigenvalue weighted by atomic mass is 9.89. The number of hydrogen-bond donors (Lipinski definition) is 0. The van der Waals surface area contributed by atoms with Crippen molar-refractivity contribution >= 4 is 17.3 Å². The maximum absolute atomic E-state index is 11.2. The van der Waals surface area contributed by atoms with Crippen LogP contribution in [0.25, 0.3) is 0 Å². The summed E-state index contributed by atoms with van der Waals surface area (Å²) in [6, 6.07) is 0. The monoisotopic (exact) mass is 271 g/mol. The molecule has 1 unspecified atom stereocenters. The van der Waals surface area contributed by atoms with E-state index in [9.17, 15) is 4.79 Å². The Bertz CT molecular complexity index is 395. The molecular weight excluding hydrogens is 250 g/mol. The molecule has 0 spiro atoms. The SMILES string of the molecule is CCOC(c1nc(CC(=O)OC)cs1)C(C)(C)C. The van der Waals surface area contributed by atoms with Crippen molar-refractivity contribution in [3.8, 4) is 0 Å². The molecule has 1 aromatic rings. The predicted molar refractivity (Wildman–Crippen MR) is 71.7 cm³/mol. The van der Waals surface area contributed by atoms with E-state index in [4.69, 9.17) is 4.74 Å². The molecule has 0 aromatic carbocycles. The lowest BCUT2D eigenvalue weighted by Crippen LogP contribution is -2.21. The average molecular weight is 271 g/mol. The van der Waals surface area contributed by atoms with Gasteiger partial charge in [-0.15, -0.1) is 11.3 Å². The number of methoxy groups -OCH3 is 1. The van der Waals surface area contributed by atoms with Crippen molar-refractivity contribution in [2.24, 2.45) is 5.41 Å². The second-order valence-corrected chi connectivity index (χ2v) is 6.02. The summed E-state index contributed by atoms with van der Waals surface area (Å²) in [4.78, 5) is 15.7. The number of esters is 1. The van der Waals surface area contributed by atoms with Gasteiger partial charge in [0.25, 0.3) is 0 Å². The third-order valence-corrected chi connectivity index (χ3v) is 3.40. The fraction of sp³-hybridized carbons (Fsp3) is 0.692. The van der Waals surface area contributed by atoms with Crippen molar-refractivity contribution in [1.29, 1.82) is 0 Å². The molecule has 18 heavy (non-hydrogen) atoms. The van der Waals surface area contributed by atoms with Crippen molar-refractivity contribution in [2.45, 2.75) is 40.2 Å². The lowest BCUT2D eigenvalue weighted by molar-refractivity contribution is -0.139. The first-order chi connectivity index (χ1) is 8.38. The first-order valence-corrected chi connectivity index (χ1v) is 6.89. The molecule has 4 nitrogen and oxygen atoms in total. The van der Waals surface area contributed by atoms with E-state index in [1.807, 2.05) is 12.3 Å². The van der Waals surface area contributed by atoms with Gasteiger partial charge >= 0.3 is 5.97 Å². The van der Waals surface area contributed by atoms with Crippen LogP contribution in [-0.2, 0) is 20.7 Å². The van der Waals surface area contributed by atoms with Crippen LogP contribution in [0.15, 0.2) is 5.38 Å². The van der Waals surface area contributed by atoms with Gasteiger partial charge in [0, 0.05) is 12.0 Å². The summed E-state index contributed by atoms with van der Waals surface area (Å²) in [6.07, 6.45) is 0.176. The largest absolute Gasteiger partial charge is 0.469 e. The van der Waals surface area contributed by atoms with Crippen molar-refractivity contribution in [3.05, 3.63) is 16.1 Å². The molecule has 0 fully saturated rings. The maximum Gasteiger partial charge on any atom is 0.311 e. The topological polar surface area (TPSA) is 48.4 Å². The molecule has 0 amide bonds. The summed E-state index contributed by atoms with van der Waals surface area (Å²) >= 11 is 1.53. The number of thiazole rings is 1. The third-order valence-electron chi connectivity index (χ3n) is 2.47. The number of aromatic nitrogens is 1. The quantitative estimate of drug-likeness (QED) is 0.772. The van der Waals surface area contributed by atoms with Gasteiger partial charge in [-0.3, -0.25) is 4.79 Å². The van der Waals surface area contributed by atoms with Gasteiger partial charge in [0.2, 0.25) is 0 Å². The Morgan fingerprint density at radius 1 is 1.50 bits per heavy atom. The van der Waals surface area contributed by atoms with Crippen LogP contribution >= 0.6 is 11.3 Å². The van der Waals surface area contributed by atoms with Gasteiger partial charge in [0.1, 0.15) is 11.1 Å². The van der Waals surface area contributed by atoms with Gasteiger partial charge in [-0.05, 0) is 12.3 Å². The molecule has 5 heteroatoms. The highest BCUT2D eigenvalue weighted by molar-refractivity contribution is 7.09. The zero-order valence-corrected chi connectivity index (χ0v) is 12.5. The second kappa shape index (κ2) is 6.29. The molecule has 0 aliphatic carbocycles. The fourth-order valence-corrected chi connectivity index (χ4v) is 2.71. The molecule has 1 rings (SSSR count). The summed E-state index contributed by atoms with van der Waals surface area (Å²) in [7, 11) is 1.38. The van der Waals surface area contributed by atoms with E-state index >= 15 is 0 Å². The molecule has 0 aliphatic rings. The Kier molecular flexibility index (Phi) is 5.28. The van der Waals surface area contributed by atoms with E-state index in [-0.39, 0.29) is 23.9 Å². The van der Waals surface area contributed by atoms with Gasteiger partial charge < -0.3 is 9.47 Å². The summed E-state index contributed by atoms with van der Waals surface area (Å²) < 4.78 is 10.4. The highest BCUT2D eigenvalue weighted by atomic mass is 32.1. The van der Waals surface area contributed by atoms with E-state index in [0.717, 1.165) is 10.7 Å². The third kappa shape index (κ3) is 4.07. The zero-order valence-electron chi connectivity index (χ0n) is 11.6. The Hall–Kier alpha value is -0.940. The van der Waals surface area contributed by atoms with E-state index in [2.05, 4.69) is 30.5 Å². The summed E-state index contributed by atoms with van der Waals surface area (Å²) in [5.41, 5.74) is 0.729. The number of ether oxygens (including phenoxy) is 2. The number of rotatable bonds is 5. The van der Waals surface area contributed by atoms with Crippen LogP contribution in [0.2, 0.25) is 0 Å². The van der Waals surface area contributed by atoms with Crippen molar-refractivity contribution in [2.75, 3.05) is 13.7 Å². The van der Waals surface area contributed by atoms with Crippen molar-refractivity contribution < 1.29 is 14.3 Å². The number of nitrogens with zero attached hydrogens (tertiary/aromatic N) is 1. The van der Waals surface area contributed by atoms with E-state index in [0.29, 0.717) is 6.61 Å². The van der Waals surface area contributed by atoms with Crippen LogP contribution in [0.5, 0.6) is 0 Å². The fourth-order valence-electron chi connectivity index (χ4n) is 1.60. The van der Waals surface area contributed by atoms with Crippen LogP contribution in [0.3, 0.4) is 0 Å². The first kappa shape index (κ1) is 15.1. The number of carbonyl (C=O) groups is 1. The molecule has 0 saturated carbocycles.